The number of carbonyl (C=O) groups excluding carboxylic acids is 2. The lowest BCUT2D eigenvalue weighted by atomic mass is 9.88. The lowest BCUT2D eigenvalue weighted by molar-refractivity contribution is -0.128. The molecule has 0 radical (unpaired) electrons. The van der Waals surface area contributed by atoms with Crippen molar-refractivity contribution < 1.29 is 9.59 Å². The molecule has 2 nitrogen and oxygen atoms in total. The van der Waals surface area contributed by atoms with Gasteiger partial charge in [0.2, 0.25) is 0 Å². The zero-order valence-electron chi connectivity index (χ0n) is 7.73. The summed E-state index contributed by atoms with van der Waals surface area (Å²) in [6.45, 7) is 7.12. The van der Waals surface area contributed by atoms with Gasteiger partial charge in [0.25, 0.3) is 0 Å². The van der Waals surface area contributed by atoms with E-state index in [1.807, 2.05) is 20.8 Å². The minimum Gasteiger partial charge on any atom is -0.300 e. The predicted octanol–water partition coefficient (Wildman–Crippen LogP) is 2.61. The van der Waals surface area contributed by atoms with Crippen molar-refractivity contribution in [2.45, 2.75) is 48.0 Å². The Bertz CT molecular complexity index is 163. The maximum atomic E-state index is 11.2. The summed E-state index contributed by atoms with van der Waals surface area (Å²) < 4.78 is 0. The molecule has 0 saturated carbocycles. The van der Waals surface area contributed by atoms with Crippen LogP contribution in [-0.2, 0) is 9.59 Å². The van der Waals surface area contributed by atoms with E-state index in [9.17, 15) is 9.59 Å². The van der Waals surface area contributed by atoms with Crippen LogP contribution in [0.3, 0.4) is 0 Å². The Morgan fingerprint density at radius 3 is 1.75 bits per heavy atom. The molecule has 0 spiro atoms. The molecule has 0 unspecified atom stereocenters. The second-order valence-electron chi connectivity index (χ2n) is 3.88. The summed E-state index contributed by atoms with van der Waals surface area (Å²) >= 11 is 0. The molecule has 0 aromatic carbocycles. The fraction of sp³-hybridized carbons (Fsp3) is 0.800. The first-order chi connectivity index (χ1) is 4.84. The summed E-state index contributed by atoms with van der Waals surface area (Å²) in [6.07, 6.45) is 0.773. The fourth-order valence-corrected chi connectivity index (χ4v) is 0.665. The highest BCUT2D eigenvalue weighted by molar-refractivity contribution is 5.87. The van der Waals surface area contributed by atoms with Gasteiger partial charge in [0.15, 0.2) is 0 Å². The molecule has 0 saturated heterocycles. The second kappa shape index (κ2) is 5.07. The third-order valence-electron chi connectivity index (χ3n) is 1.54. The Labute approximate surface area is 75.4 Å². The van der Waals surface area contributed by atoms with Gasteiger partial charge in [0.05, 0.1) is 0 Å². The van der Waals surface area contributed by atoms with E-state index in [-0.39, 0.29) is 24.4 Å². The SMILES string of the molecule is C.CC(=O)CCC(=O)C(C)(C)C. The van der Waals surface area contributed by atoms with Crippen molar-refractivity contribution in [3.05, 3.63) is 0 Å². The first-order valence-electron chi connectivity index (χ1n) is 3.87. The second-order valence-corrected chi connectivity index (χ2v) is 3.88. The number of ketones is 2. The Balaban J connectivity index is 0. The maximum absolute atomic E-state index is 11.2. The molecule has 72 valence electrons. The summed E-state index contributed by atoms with van der Waals surface area (Å²) in [5, 5.41) is 0. The van der Waals surface area contributed by atoms with Gasteiger partial charge in [-0.15, -0.1) is 0 Å². The van der Waals surface area contributed by atoms with Crippen molar-refractivity contribution in [3.63, 3.8) is 0 Å². The van der Waals surface area contributed by atoms with Crippen LogP contribution in [0.25, 0.3) is 0 Å². The molecule has 0 heterocycles. The van der Waals surface area contributed by atoms with E-state index >= 15 is 0 Å². The summed E-state index contributed by atoms with van der Waals surface area (Å²) in [6, 6.07) is 0. The van der Waals surface area contributed by atoms with Gasteiger partial charge < -0.3 is 4.79 Å². The van der Waals surface area contributed by atoms with Gasteiger partial charge >= 0.3 is 0 Å². The molecule has 0 aromatic heterocycles. The summed E-state index contributed by atoms with van der Waals surface area (Å²) in [5.41, 5.74) is -0.296. The van der Waals surface area contributed by atoms with Gasteiger partial charge in [-0.25, -0.2) is 0 Å². The third kappa shape index (κ3) is 6.08. The topological polar surface area (TPSA) is 34.1 Å². The third-order valence-corrected chi connectivity index (χ3v) is 1.54. The smallest absolute Gasteiger partial charge is 0.138 e. The van der Waals surface area contributed by atoms with Crippen LogP contribution in [0.4, 0.5) is 0 Å². The minimum atomic E-state index is -0.296. The molecule has 0 atom stereocenters. The quantitative estimate of drug-likeness (QED) is 0.655. The van der Waals surface area contributed by atoms with E-state index in [4.69, 9.17) is 0 Å². The van der Waals surface area contributed by atoms with Crippen LogP contribution in [0.1, 0.15) is 48.0 Å². The van der Waals surface area contributed by atoms with E-state index in [1.165, 1.54) is 6.92 Å². The van der Waals surface area contributed by atoms with Crippen molar-refractivity contribution in [1.29, 1.82) is 0 Å². The van der Waals surface area contributed by atoms with Gasteiger partial charge in [0, 0.05) is 18.3 Å². The largest absolute Gasteiger partial charge is 0.300 e. The molecule has 0 bridgehead atoms. The Kier molecular flexibility index (Phi) is 5.87. The molecular formula is C10H20O2. The van der Waals surface area contributed by atoms with Crippen LogP contribution >= 0.6 is 0 Å². The normalized spacial score (nSPS) is 10.3. The molecule has 0 aliphatic heterocycles. The minimum absolute atomic E-state index is 0. The molecule has 0 fully saturated rings. The standard InChI is InChI=1S/C9H16O2.CH4/c1-7(10)5-6-8(11)9(2,3)4;/h5-6H2,1-4H3;1H4. The van der Waals surface area contributed by atoms with Gasteiger partial charge in [-0.2, -0.15) is 0 Å². The highest BCUT2D eigenvalue weighted by Gasteiger charge is 2.20. The van der Waals surface area contributed by atoms with Crippen LogP contribution in [0.15, 0.2) is 0 Å². The average molecular weight is 172 g/mol. The van der Waals surface area contributed by atoms with E-state index in [2.05, 4.69) is 0 Å². The molecule has 0 aliphatic rings. The van der Waals surface area contributed by atoms with Gasteiger partial charge in [-0.05, 0) is 6.92 Å². The van der Waals surface area contributed by atoms with Crippen molar-refractivity contribution in [3.8, 4) is 0 Å². The van der Waals surface area contributed by atoms with Gasteiger partial charge in [-0.3, -0.25) is 4.79 Å². The number of hydrogen-bond acceptors (Lipinski definition) is 2. The van der Waals surface area contributed by atoms with E-state index in [0.29, 0.717) is 12.8 Å². The zero-order chi connectivity index (χ0) is 9.07. The van der Waals surface area contributed by atoms with E-state index in [1.54, 1.807) is 0 Å². The molecule has 2 heteroatoms. The number of carbonyl (C=O) groups is 2. The Morgan fingerprint density at radius 1 is 1.08 bits per heavy atom. The first-order valence-corrected chi connectivity index (χ1v) is 3.87. The summed E-state index contributed by atoms with van der Waals surface area (Å²) in [7, 11) is 0. The van der Waals surface area contributed by atoms with Crippen molar-refractivity contribution >= 4 is 11.6 Å². The first kappa shape index (κ1) is 13.9. The van der Waals surface area contributed by atoms with Crippen LogP contribution in [0.2, 0.25) is 0 Å². The van der Waals surface area contributed by atoms with Crippen LogP contribution in [0, 0.1) is 5.41 Å². The number of Topliss-reactive ketones (excluding diaryl/α,β-unsaturated/α-hetero) is 2. The Morgan fingerprint density at radius 2 is 1.50 bits per heavy atom. The van der Waals surface area contributed by atoms with Crippen LogP contribution < -0.4 is 0 Å². The molecule has 12 heavy (non-hydrogen) atoms. The lowest BCUT2D eigenvalue weighted by Gasteiger charge is -2.15. The summed E-state index contributed by atoms with van der Waals surface area (Å²) in [5.74, 6) is 0.246. The highest BCUT2D eigenvalue weighted by Crippen LogP contribution is 2.17. The average Bonchev–Trinajstić information content (AvgIpc) is 1.80. The molecular weight excluding hydrogens is 152 g/mol. The van der Waals surface area contributed by atoms with Crippen LogP contribution in [0.5, 0.6) is 0 Å². The van der Waals surface area contributed by atoms with E-state index < -0.39 is 0 Å². The van der Waals surface area contributed by atoms with Gasteiger partial charge in [-0.1, -0.05) is 28.2 Å². The zero-order valence-corrected chi connectivity index (χ0v) is 7.73. The fourth-order valence-electron chi connectivity index (χ4n) is 0.665. The van der Waals surface area contributed by atoms with Crippen LogP contribution in [-0.4, -0.2) is 11.6 Å². The molecule has 0 amide bonds. The molecule has 0 N–H and O–H groups in total. The molecule has 0 aliphatic carbocycles. The Hall–Kier alpha value is -0.660. The molecule has 0 aromatic rings. The highest BCUT2D eigenvalue weighted by atomic mass is 16.1. The predicted molar refractivity (Wildman–Crippen MR) is 51.1 cm³/mol. The summed E-state index contributed by atoms with van der Waals surface area (Å²) in [4.78, 5) is 21.7. The monoisotopic (exact) mass is 172 g/mol. The number of rotatable bonds is 3. The van der Waals surface area contributed by atoms with Gasteiger partial charge in [0.1, 0.15) is 11.6 Å². The molecule has 0 rings (SSSR count). The number of hydrogen-bond donors (Lipinski definition) is 0. The van der Waals surface area contributed by atoms with Crippen molar-refractivity contribution in [1.82, 2.24) is 0 Å². The van der Waals surface area contributed by atoms with E-state index in [0.717, 1.165) is 0 Å². The van der Waals surface area contributed by atoms with Crippen molar-refractivity contribution in [2.75, 3.05) is 0 Å². The van der Waals surface area contributed by atoms with Crippen molar-refractivity contribution in [2.24, 2.45) is 5.41 Å². The lowest BCUT2D eigenvalue weighted by Crippen LogP contribution is -2.20. The maximum Gasteiger partial charge on any atom is 0.138 e.